The minimum absolute atomic E-state index is 0. The van der Waals surface area contributed by atoms with Gasteiger partial charge in [-0.15, -0.1) is 24.0 Å². The molecular weight excluding hydrogens is 363 g/mol. The third kappa shape index (κ3) is 4.72. The summed E-state index contributed by atoms with van der Waals surface area (Å²) < 4.78 is 24.5. The first-order chi connectivity index (χ1) is 8.70. The number of nitrogens with one attached hydrogen (secondary N) is 1. The minimum Gasteiger partial charge on any atom is -0.357 e. The molecule has 2 unspecified atom stereocenters. The fourth-order valence-corrected chi connectivity index (χ4v) is 3.16. The van der Waals surface area contributed by atoms with Crippen LogP contribution in [0.2, 0.25) is 0 Å². The van der Waals surface area contributed by atoms with E-state index in [0.717, 1.165) is 31.5 Å². The predicted octanol–water partition coefficient (Wildman–Crippen LogP) is 2.96. The Labute approximate surface area is 131 Å². The number of likely N-dealkylation sites (tertiary alicyclic amines) is 1. The standard InChI is InChI=1S/C13H23F2N3.HI/c1-2-16-13(17-7-12(14)15)18-8-10-5-3-4-6-11(10)9-18;/h10-12H,2-9H2,1H3,(H,16,17);1H. The fraction of sp³-hybridized carbons (Fsp3) is 0.923. The first kappa shape index (κ1) is 16.9. The van der Waals surface area contributed by atoms with Crippen molar-refractivity contribution in [2.45, 2.75) is 39.0 Å². The summed E-state index contributed by atoms with van der Waals surface area (Å²) in [5.74, 6) is 2.16. The lowest BCUT2D eigenvalue weighted by molar-refractivity contribution is 0.158. The van der Waals surface area contributed by atoms with E-state index in [1.807, 2.05) is 6.92 Å². The summed E-state index contributed by atoms with van der Waals surface area (Å²) in [5, 5.41) is 3.13. The highest BCUT2D eigenvalue weighted by molar-refractivity contribution is 14.0. The molecule has 1 saturated carbocycles. The average molecular weight is 387 g/mol. The smallest absolute Gasteiger partial charge is 0.257 e. The van der Waals surface area contributed by atoms with E-state index in [9.17, 15) is 8.78 Å². The van der Waals surface area contributed by atoms with Crippen molar-refractivity contribution in [1.29, 1.82) is 0 Å². The fourth-order valence-electron chi connectivity index (χ4n) is 3.16. The molecule has 1 N–H and O–H groups in total. The number of rotatable bonds is 3. The van der Waals surface area contributed by atoms with E-state index in [4.69, 9.17) is 0 Å². The van der Waals surface area contributed by atoms with Crippen LogP contribution >= 0.6 is 24.0 Å². The van der Waals surface area contributed by atoms with Crippen LogP contribution in [0.15, 0.2) is 4.99 Å². The normalized spacial score (nSPS) is 27.2. The van der Waals surface area contributed by atoms with Gasteiger partial charge in [0.2, 0.25) is 0 Å². The van der Waals surface area contributed by atoms with Gasteiger partial charge in [-0.2, -0.15) is 0 Å². The predicted molar refractivity (Wildman–Crippen MR) is 84.4 cm³/mol. The highest BCUT2D eigenvalue weighted by Crippen LogP contribution is 2.35. The third-order valence-corrected chi connectivity index (χ3v) is 3.99. The Kier molecular flexibility index (Phi) is 7.31. The van der Waals surface area contributed by atoms with E-state index in [0.29, 0.717) is 5.96 Å². The SMILES string of the molecule is CCNC(=NCC(F)F)N1CC2CCCCC2C1.I. The highest BCUT2D eigenvalue weighted by atomic mass is 127. The number of hydrogen-bond acceptors (Lipinski definition) is 1. The molecule has 0 aromatic carbocycles. The van der Waals surface area contributed by atoms with Gasteiger partial charge < -0.3 is 10.2 Å². The van der Waals surface area contributed by atoms with E-state index in [1.54, 1.807) is 0 Å². The Balaban J connectivity index is 0.00000180. The van der Waals surface area contributed by atoms with Crippen molar-refractivity contribution in [2.75, 3.05) is 26.2 Å². The molecule has 1 saturated heterocycles. The van der Waals surface area contributed by atoms with Gasteiger partial charge in [-0.3, -0.25) is 0 Å². The second-order valence-electron chi connectivity index (χ2n) is 5.30. The van der Waals surface area contributed by atoms with Gasteiger partial charge in [0.25, 0.3) is 6.43 Å². The van der Waals surface area contributed by atoms with Gasteiger partial charge in [-0.05, 0) is 31.6 Å². The number of halogens is 3. The zero-order chi connectivity index (χ0) is 13.0. The maximum absolute atomic E-state index is 12.3. The summed E-state index contributed by atoms with van der Waals surface area (Å²) in [6, 6.07) is 0. The van der Waals surface area contributed by atoms with Crippen molar-refractivity contribution >= 4 is 29.9 Å². The van der Waals surface area contributed by atoms with Crippen molar-refractivity contribution in [1.82, 2.24) is 10.2 Å². The van der Waals surface area contributed by atoms with E-state index >= 15 is 0 Å². The molecule has 0 amide bonds. The van der Waals surface area contributed by atoms with Gasteiger partial charge in [0.1, 0.15) is 6.54 Å². The first-order valence-electron chi connectivity index (χ1n) is 7.02. The van der Waals surface area contributed by atoms with Crippen LogP contribution in [0.5, 0.6) is 0 Å². The van der Waals surface area contributed by atoms with Crippen molar-refractivity contribution in [2.24, 2.45) is 16.8 Å². The van der Waals surface area contributed by atoms with Crippen LogP contribution in [0.4, 0.5) is 8.78 Å². The molecule has 2 atom stereocenters. The molecule has 112 valence electrons. The number of nitrogens with zero attached hydrogens (tertiary/aromatic N) is 2. The molecule has 2 aliphatic rings. The Morgan fingerprint density at radius 2 is 1.84 bits per heavy atom. The second kappa shape index (κ2) is 8.21. The second-order valence-corrected chi connectivity index (χ2v) is 5.30. The maximum Gasteiger partial charge on any atom is 0.257 e. The number of hydrogen-bond donors (Lipinski definition) is 1. The van der Waals surface area contributed by atoms with Crippen LogP contribution in [-0.4, -0.2) is 43.5 Å². The van der Waals surface area contributed by atoms with Crippen LogP contribution in [0.3, 0.4) is 0 Å². The Morgan fingerprint density at radius 3 is 2.32 bits per heavy atom. The van der Waals surface area contributed by atoms with Crippen LogP contribution in [0.25, 0.3) is 0 Å². The summed E-state index contributed by atoms with van der Waals surface area (Å²) in [4.78, 5) is 6.21. The van der Waals surface area contributed by atoms with E-state index < -0.39 is 13.0 Å². The van der Waals surface area contributed by atoms with Crippen molar-refractivity contribution in [3.63, 3.8) is 0 Å². The number of aliphatic imine (C=N–C) groups is 1. The monoisotopic (exact) mass is 387 g/mol. The van der Waals surface area contributed by atoms with Gasteiger partial charge in [0.05, 0.1) is 0 Å². The highest BCUT2D eigenvalue weighted by Gasteiger charge is 2.35. The zero-order valence-corrected chi connectivity index (χ0v) is 13.8. The van der Waals surface area contributed by atoms with Crippen molar-refractivity contribution < 1.29 is 8.78 Å². The van der Waals surface area contributed by atoms with Gasteiger partial charge in [-0.1, -0.05) is 12.8 Å². The number of guanidine groups is 1. The Morgan fingerprint density at radius 1 is 1.26 bits per heavy atom. The van der Waals surface area contributed by atoms with Crippen LogP contribution < -0.4 is 5.32 Å². The quantitative estimate of drug-likeness (QED) is 0.458. The molecule has 1 aliphatic carbocycles. The number of fused-ring (bicyclic) bond motifs is 1. The molecule has 1 heterocycles. The lowest BCUT2D eigenvalue weighted by atomic mass is 9.82. The topological polar surface area (TPSA) is 27.6 Å². The van der Waals surface area contributed by atoms with E-state index in [-0.39, 0.29) is 24.0 Å². The third-order valence-electron chi connectivity index (χ3n) is 3.99. The molecule has 0 bridgehead atoms. The lowest BCUT2D eigenvalue weighted by Crippen LogP contribution is -2.40. The first-order valence-corrected chi connectivity index (χ1v) is 7.02. The van der Waals surface area contributed by atoms with Crippen molar-refractivity contribution in [3.8, 4) is 0 Å². The molecule has 3 nitrogen and oxygen atoms in total. The molecule has 6 heteroatoms. The summed E-state index contributed by atoms with van der Waals surface area (Å²) in [7, 11) is 0. The van der Waals surface area contributed by atoms with Gasteiger partial charge in [0.15, 0.2) is 5.96 Å². The van der Waals surface area contributed by atoms with Gasteiger partial charge in [-0.25, -0.2) is 13.8 Å². The lowest BCUT2D eigenvalue weighted by Gasteiger charge is -2.22. The van der Waals surface area contributed by atoms with Gasteiger partial charge in [0, 0.05) is 19.6 Å². The summed E-state index contributed by atoms with van der Waals surface area (Å²) >= 11 is 0. The van der Waals surface area contributed by atoms with Crippen LogP contribution in [0, 0.1) is 11.8 Å². The summed E-state index contributed by atoms with van der Waals surface area (Å²) in [5.41, 5.74) is 0. The van der Waals surface area contributed by atoms with Crippen LogP contribution in [0.1, 0.15) is 32.6 Å². The number of alkyl halides is 2. The molecule has 0 aromatic heterocycles. The Hall–Kier alpha value is -0.140. The molecule has 0 radical (unpaired) electrons. The Bertz CT molecular complexity index is 286. The zero-order valence-electron chi connectivity index (χ0n) is 11.4. The van der Waals surface area contributed by atoms with Gasteiger partial charge >= 0.3 is 0 Å². The molecular formula is C13H24F2IN3. The molecule has 19 heavy (non-hydrogen) atoms. The van der Waals surface area contributed by atoms with E-state index in [2.05, 4.69) is 15.2 Å². The minimum atomic E-state index is -2.36. The van der Waals surface area contributed by atoms with Crippen LogP contribution in [-0.2, 0) is 0 Å². The molecule has 0 spiro atoms. The molecule has 2 fully saturated rings. The van der Waals surface area contributed by atoms with Crippen molar-refractivity contribution in [3.05, 3.63) is 0 Å². The molecule has 2 rings (SSSR count). The molecule has 0 aromatic rings. The summed E-state index contributed by atoms with van der Waals surface area (Å²) in [6.07, 6.45) is 2.85. The maximum atomic E-state index is 12.3. The largest absolute Gasteiger partial charge is 0.357 e. The van der Waals surface area contributed by atoms with E-state index in [1.165, 1.54) is 25.7 Å². The summed E-state index contributed by atoms with van der Waals surface area (Å²) in [6.45, 7) is 4.28. The average Bonchev–Trinajstić information content (AvgIpc) is 2.77. The molecule has 1 aliphatic heterocycles.